The standard InChI is InChI=1S/C15H31N3O/c1-5-6-9-17-14(16)18-11-12-8-7-10-19-13(12)15(2,3)4/h12-13H,5-11H2,1-4H3,(H3,16,17,18). The van der Waals surface area contributed by atoms with Gasteiger partial charge in [0.05, 0.1) is 6.10 Å². The average molecular weight is 269 g/mol. The lowest BCUT2D eigenvalue weighted by Crippen LogP contribution is -2.42. The molecule has 4 nitrogen and oxygen atoms in total. The number of unbranched alkanes of at least 4 members (excludes halogenated alkanes) is 1. The first-order valence-corrected chi connectivity index (χ1v) is 7.60. The van der Waals surface area contributed by atoms with Gasteiger partial charge in [0, 0.05) is 25.6 Å². The van der Waals surface area contributed by atoms with Gasteiger partial charge in [0.1, 0.15) is 0 Å². The predicted molar refractivity (Wildman–Crippen MR) is 81.3 cm³/mol. The highest BCUT2D eigenvalue weighted by molar-refractivity contribution is 5.77. The molecule has 0 aromatic carbocycles. The molecule has 0 aromatic rings. The number of guanidine groups is 1. The van der Waals surface area contributed by atoms with Crippen molar-refractivity contribution in [1.82, 2.24) is 5.32 Å². The zero-order chi connectivity index (χ0) is 14.3. The minimum Gasteiger partial charge on any atom is -0.377 e. The van der Waals surface area contributed by atoms with E-state index < -0.39 is 0 Å². The third-order valence-corrected chi connectivity index (χ3v) is 3.63. The van der Waals surface area contributed by atoms with E-state index in [0.29, 0.717) is 11.9 Å². The molecule has 0 radical (unpaired) electrons. The Kier molecular flexibility index (Phi) is 6.63. The molecule has 0 saturated carbocycles. The Balaban J connectivity index is 2.46. The van der Waals surface area contributed by atoms with E-state index in [1.54, 1.807) is 0 Å². The molecule has 1 heterocycles. The fraction of sp³-hybridized carbons (Fsp3) is 0.933. The number of aliphatic imine (C=N–C) groups is 1. The van der Waals surface area contributed by atoms with Crippen LogP contribution in [-0.4, -0.2) is 31.8 Å². The van der Waals surface area contributed by atoms with Crippen molar-refractivity contribution < 1.29 is 4.74 Å². The Morgan fingerprint density at radius 2 is 2.16 bits per heavy atom. The zero-order valence-corrected chi connectivity index (χ0v) is 13.0. The van der Waals surface area contributed by atoms with Crippen LogP contribution >= 0.6 is 0 Å². The van der Waals surface area contributed by atoms with E-state index in [1.807, 2.05) is 0 Å². The fourth-order valence-corrected chi connectivity index (χ4v) is 2.65. The molecule has 1 aliphatic heterocycles. The van der Waals surface area contributed by atoms with Gasteiger partial charge < -0.3 is 15.8 Å². The van der Waals surface area contributed by atoms with Crippen molar-refractivity contribution in [1.29, 1.82) is 0 Å². The summed E-state index contributed by atoms with van der Waals surface area (Å²) in [5.41, 5.74) is 6.06. The monoisotopic (exact) mass is 269 g/mol. The lowest BCUT2D eigenvalue weighted by molar-refractivity contribution is -0.0823. The van der Waals surface area contributed by atoms with E-state index >= 15 is 0 Å². The molecule has 0 spiro atoms. The average Bonchev–Trinajstić information content (AvgIpc) is 2.36. The van der Waals surface area contributed by atoms with Gasteiger partial charge in [-0.2, -0.15) is 0 Å². The third kappa shape index (κ3) is 5.81. The fourth-order valence-electron chi connectivity index (χ4n) is 2.65. The first kappa shape index (κ1) is 16.3. The molecule has 0 amide bonds. The second-order valence-corrected chi connectivity index (χ2v) is 6.57. The van der Waals surface area contributed by atoms with Crippen LogP contribution in [0.15, 0.2) is 4.99 Å². The Morgan fingerprint density at radius 3 is 2.79 bits per heavy atom. The van der Waals surface area contributed by atoms with Gasteiger partial charge in [0.15, 0.2) is 5.96 Å². The number of nitrogens with two attached hydrogens (primary N) is 1. The van der Waals surface area contributed by atoms with Crippen LogP contribution in [0, 0.1) is 11.3 Å². The van der Waals surface area contributed by atoms with E-state index in [1.165, 1.54) is 12.8 Å². The van der Waals surface area contributed by atoms with Gasteiger partial charge in [-0.15, -0.1) is 0 Å². The maximum absolute atomic E-state index is 5.96. The van der Waals surface area contributed by atoms with E-state index in [9.17, 15) is 0 Å². The Bertz CT molecular complexity index is 284. The quantitative estimate of drug-likeness (QED) is 0.458. The number of nitrogens with one attached hydrogen (secondary N) is 1. The second kappa shape index (κ2) is 7.73. The largest absolute Gasteiger partial charge is 0.377 e. The van der Waals surface area contributed by atoms with Crippen molar-refractivity contribution in [2.24, 2.45) is 22.1 Å². The van der Waals surface area contributed by atoms with Crippen molar-refractivity contribution in [2.45, 2.75) is 59.5 Å². The molecule has 4 heteroatoms. The summed E-state index contributed by atoms with van der Waals surface area (Å²) in [5, 5.41) is 3.16. The smallest absolute Gasteiger partial charge is 0.188 e. The molecule has 1 aliphatic rings. The molecule has 112 valence electrons. The SMILES string of the molecule is CCCCNC(N)=NCC1CCCOC1C(C)(C)C. The van der Waals surface area contributed by atoms with Crippen LogP contribution < -0.4 is 11.1 Å². The minimum absolute atomic E-state index is 0.172. The molecular weight excluding hydrogens is 238 g/mol. The number of rotatable bonds is 5. The lowest BCUT2D eigenvalue weighted by atomic mass is 9.78. The highest BCUT2D eigenvalue weighted by atomic mass is 16.5. The summed E-state index contributed by atoms with van der Waals surface area (Å²) in [5.74, 6) is 1.06. The summed E-state index contributed by atoms with van der Waals surface area (Å²) < 4.78 is 5.96. The molecule has 19 heavy (non-hydrogen) atoms. The highest BCUT2D eigenvalue weighted by Crippen LogP contribution is 2.34. The van der Waals surface area contributed by atoms with Crippen molar-refractivity contribution in [3.63, 3.8) is 0 Å². The Labute approximate surface area is 118 Å². The summed E-state index contributed by atoms with van der Waals surface area (Å²) >= 11 is 0. The van der Waals surface area contributed by atoms with E-state index in [0.717, 1.165) is 32.5 Å². The summed E-state index contributed by atoms with van der Waals surface area (Å²) in [7, 11) is 0. The first-order valence-electron chi connectivity index (χ1n) is 7.60. The van der Waals surface area contributed by atoms with E-state index in [4.69, 9.17) is 10.5 Å². The van der Waals surface area contributed by atoms with Gasteiger partial charge in [-0.05, 0) is 24.7 Å². The minimum atomic E-state index is 0.172. The Morgan fingerprint density at radius 1 is 1.42 bits per heavy atom. The summed E-state index contributed by atoms with van der Waals surface area (Å²) in [6.45, 7) is 11.4. The van der Waals surface area contributed by atoms with E-state index in [2.05, 4.69) is 38.0 Å². The molecule has 2 unspecified atom stereocenters. The molecular formula is C15H31N3O. The zero-order valence-electron chi connectivity index (χ0n) is 13.0. The Hall–Kier alpha value is -0.770. The van der Waals surface area contributed by atoms with Crippen LogP contribution in [0.5, 0.6) is 0 Å². The maximum atomic E-state index is 5.96. The number of ether oxygens (including phenoxy) is 1. The molecule has 1 rings (SSSR count). The van der Waals surface area contributed by atoms with Crippen molar-refractivity contribution in [3.05, 3.63) is 0 Å². The van der Waals surface area contributed by atoms with Crippen LogP contribution in [-0.2, 0) is 4.74 Å². The molecule has 1 fully saturated rings. The second-order valence-electron chi connectivity index (χ2n) is 6.57. The maximum Gasteiger partial charge on any atom is 0.188 e. The summed E-state index contributed by atoms with van der Waals surface area (Å²) in [6.07, 6.45) is 4.91. The first-order chi connectivity index (χ1) is 8.95. The molecule has 3 N–H and O–H groups in total. The summed E-state index contributed by atoms with van der Waals surface area (Å²) in [4.78, 5) is 4.49. The van der Waals surface area contributed by atoms with E-state index in [-0.39, 0.29) is 11.5 Å². The predicted octanol–water partition coefficient (Wildman–Crippen LogP) is 2.53. The van der Waals surface area contributed by atoms with Crippen LogP contribution in [0.25, 0.3) is 0 Å². The van der Waals surface area contributed by atoms with Crippen molar-refractivity contribution >= 4 is 5.96 Å². The topological polar surface area (TPSA) is 59.6 Å². The number of nitrogens with zero attached hydrogens (tertiary/aromatic N) is 1. The van der Waals surface area contributed by atoms with Crippen molar-refractivity contribution in [3.8, 4) is 0 Å². The normalized spacial score (nSPS) is 25.4. The number of hydrogen-bond acceptors (Lipinski definition) is 2. The van der Waals surface area contributed by atoms with Crippen LogP contribution in [0.2, 0.25) is 0 Å². The van der Waals surface area contributed by atoms with Crippen molar-refractivity contribution in [2.75, 3.05) is 19.7 Å². The van der Waals surface area contributed by atoms with Crippen LogP contribution in [0.4, 0.5) is 0 Å². The third-order valence-electron chi connectivity index (χ3n) is 3.63. The molecule has 0 aromatic heterocycles. The molecule has 2 atom stereocenters. The van der Waals surface area contributed by atoms with Gasteiger partial charge in [-0.25, -0.2) is 0 Å². The van der Waals surface area contributed by atoms with Gasteiger partial charge in [-0.3, -0.25) is 4.99 Å². The lowest BCUT2D eigenvalue weighted by Gasteiger charge is -2.39. The van der Waals surface area contributed by atoms with Crippen LogP contribution in [0.1, 0.15) is 53.4 Å². The van der Waals surface area contributed by atoms with Gasteiger partial charge in [0.25, 0.3) is 0 Å². The summed E-state index contributed by atoms with van der Waals surface area (Å²) in [6, 6.07) is 0. The highest BCUT2D eigenvalue weighted by Gasteiger charge is 2.35. The number of hydrogen-bond donors (Lipinski definition) is 2. The van der Waals surface area contributed by atoms with Crippen LogP contribution in [0.3, 0.4) is 0 Å². The van der Waals surface area contributed by atoms with Gasteiger partial charge in [0.2, 0.25) is 0 Å². The molecule has 1 saturated heterocycles. The molecule has 0 aliphatic carbocycles. The van der Waals surface area contributed by atoms with Gasteiger partial charge in [-0.1, -0.05) is 34.1 Å². The molecule has 0 bridgehead atoms. The van der Waals surface area contributed by atoms with Gasteiger partial charge >= 0.3 is 0 Å².